The lowest BCUT2D eigenvalue weighted by molar-refractivity contribution is 0.00801. The number of aliphatic imine (C=N–C) groups is 1. The molecular formula is C20H21N3S. The molecule has 5 atom stereocenters. The minimum atomic E-state index is 0.0314. The Hall–Kier alpha value is -1.87. The normalized spacial score (nSPS) is 29.8. The molecule has 122 valence electrons. The summed E-state index contributed by atoms with van der Waals surface area (Å²) in [6, 6.07) is 10.8. The maximum absolute atomic E-state index is 4.99. The second-order valence-electron chi connectivity index (χ2n) is 6.83. The van der Waals surface area contributed by atoms with Crippen LogP contribution < -0.4 is 0 Å². The highest BCUT2D eigenvalue weighted by molar-refractivity contribution is 7.78. The van der Waals surface area contributed by atoms with Crippen LogP contribution in [0.15, 0.2) is 54.2 Å². The number of para-hydroxylation sites is 1. The standard InChI is InChI=1S/C20H21N3S/c1-2-14-12-23-10-8-15(14)11-19(23)20(22-13-24)17-7-9-21-18-6-4-3-5-16(17)18/h2-7,9,14-15,19-20H,1,8,10-12H2/t14-,15-,19+,20+/m0/s1. The number of aromatic nitrogens is 1. The van der Waals surface area contributed by atoms with E-state index in [4.69, 9.17) is 12.2 Å². The number of fused-ring (bicyclic) bond motifs is 4. The molecule has 3 aliphatic rings. The Morgan fingerprint density at radius 3 is 3.00 bits per heavy atom. The molecule has 3 saturated heterocycles. The van der Waals surface area contributed by atoms with Crippen LogP contribution in [0, 0.1) is 11.8 Å². The molecular weight excluding hydrogens is 314 g/mol. The molecule has 0 saturated carbocycles. The van der Waals surface area contributed by atoms with Crippen LogP contribution in [0.2, 0.25) is 0 Å². The molecule has 0 aliphatic carbocycles. The zero-order valence-corrected chi connectivity index (χ0v) is 14.5. The maximum Gasteiger partial charge on any atom is 0.101 e. The molecule has 0 radical (unpaired) electrons. The number of benzene rings is 1. The average Bonchev–Trinajstić information content (AvgIpc) is 2.66. The lowest BCUT2D eigenvalue weighted by atomic mass is 9.73. The molecule has 4 heteroatoms. The van der Waals surface area contributed by atoms with Gasteiger partial charge in [-0.3, -0.25) is 9.88 Å². The SMILES string of the molecule is C=C[C@H]1CN2CC[C@H]1C[C@@H]2[C@H](N=C=S)c1ccnc2ccccc12. The molecule has 24 heavy (non-hydrogen) atoms. The second-order valence-corrected chi connectivity index (χ2v) is 7.01. The zero-order valence-electron chi connectivity index (χ0n) is 13.6. The number of thiocarbonyl (C=S) groups is 1. The Kier molecular flexibility index (Phi) is 4.28. The van der Waals surface area contributed by atoms with Crippen molar-refractivity contribution < 1.29 is 0 Å². The van der Waals surface area contributed by atoms with E-state index in [0.717, 1.165) is 25.0 Å². The van der Waals surface area contributed by atoms with Gasteiger partial charge in [-0.1, -0.05) is 24.3 Å². The van der Waals surface area contributed by atoms with E-state index < -0.39 is 0 Å². The van der Waals surface area contributed by atoms with Crippen molar-refractivity contribution in [3.05, 3.63) is 54.7 Å². The monoisotopic (exact) mass is 335 g/mol. The van der Waals surface area contributed by atoms with Crippen LogP contribution in [-0.2, 0) is 0 Å². The van der Waals surface area contributed by atoms with Gasteiger partial charge in [-0.25, -0.2) is 4.99 Å². The van der Waals surface area contributed by atoms with Gasteiger partial charge >= 0.3 is 0 Å². The summed E-state index contributed by atoms with van der Waals surface area (Å²) in [4.78, 5) is 11.7. The van der Waals surface area contributed by atoms with Crippen LogP contribution in [0.1, 0.15) is 24.4 Å². The smallest absolute Gasteiger partial charge is 0.101 e. The predicted octanol–water partition coefficient (Wildman–Crippen LogP) is 4.28. The molecule has 0 N–H and O–H groups in total. The van der Waals surface area contributed by atoms with Crippen molar-refractivity contribution in [2.45, 2.75) is 24.9 Å². The lowest BCUT2D eigenvalue weighted by Crippen LogP contribution is -2.54. The minimum absolute atomic E-state index is 0.0314. The van der Waals surface area contributed by atoms with Gasteiger partial charge in [-0.05, 0) is 61.1 Å². The molecule has 5 rings (SSSR count). The second kappa shape index (κ2) is 6.56. The van der Waals surface area contributed by atoms with Gasteiger partial charge in [0.25, 0.3) is 0 Å². The lowest BCUT2D eigenvalue weighted by Gasteiger charge is -2.50. The highest BCUT2D eigenvalue weighted by Crippen LogP contribution is 2.43. The molecule has 4 heterocycles. The third kappa shape index (κ3) is 2.61. The van der Waals surface area contributed by atoms with Gasteiger partial charge in [0.05, 0.1) is 10.7 Å². The largest absolute Gasteiger partial charge is 0.297 e. The van der Waals surface area contributed by atoms with E-state index in [1.165, 1.54) is 17.4 Å². The molecule has 1 aromatic carbocycles. The van der Waals surface area contributed by atoms with Crippen molar-refractivity contribution in [1.29, 1.82) is 0 Å². The van der Waals surface area contributed by atoms with E-state index in [0.29, 0.717) is 17.9 Å². The van der Waals surface area contributed by atoms with E-state index >= 15 is 0 Å². The Morgan fingerprint density at radius 1 is 1.38 bits per heavy atom. The van der Waals surface area contributed by atoms with E-state index in [1.54, 1.807) is 0 Å². The summed E-state index contributed by atoms with van der Waals surface area (Å²) in [5.41, 5.74) is 2.23. The number of piperidine rings is 3. The van der Waals surface area contributed by atoms with E-state index in [9.17, 15) is 0 Å². The van der Waals surface area contributed by atoms with Crippen LogP contribution >= 0.6 is 12.2 Å². The van der Waals surface area contributed by atoms with Gasteiger partial charge in [0.15, 0.2) is 0 Å². The van der Waals surface area contributed by atoms with Crippen molar-refractivity contribution in [3.63, 3.8) is 0 Å². The van der Waals surface area contributed by atoms with Crippen LogP contribution in [0.3, 0.4) is 0 Å². The first-order valence-corrected chi connectivity index (χ1v) is 9.00. The summed E-state index contributed by atoms with van der Waals surface area (Å²) in [6.45, 7) is 6.25. The first-order valence-electron chi connectivity index (χ1n) is 8.59. The molecule has 2 aromatic rings. The Morgan fingerprint density at radius 2 is 2.25 bits per heavy atom. The first kappa shape index (κ1) is 15.6. The molecule has 0 spiro atoms. The highest BCUT2D eigenvalue weighted by atomic mass is 32.1. The summed E-state index contributed by atoms with van der Waals surface area (Å²) in [5, 5.41) is 3.82. The molecule has 3 nitrogen and oxygen atoms in total. The molecule has 0 amide bonds. The number of hydrogen-bond acceptors (Lipinski definition) is 4. The van der Waals surface area contributed by atoms with Gasteiger partial charge in [-0.2, -0.15) is 0 Å². The van der Waals surface area contributed by atoms with Crippen molar-refractivity contribution in [2.75, 3.05) is 13.1 Å². The summed E-state index contributed by atoms with van der Waals surface area (Å²) >= 11 is 4.99. The van der Waals surface area contributed by atoms with Crippen molar-refractivity contribution in [2.24, 2.45) is 16.8 Å². The number of pyridine rings is 1. The third-order valence-corrected chi connectivity index (χ3v) is 5.82. The Bertz CT molecular complexity index is 806. The van der Waals surface area contributed by atoms with Crippen molar-refractivity contribution >= 4 is 28.3 Å². The van der Waals surface area contributed by atoms with Gasteiger partial charge in [0, 0.05) is 24.2 Å². The van der Waals surface area contributed by atoms with Crippen LogP contribution in [0.4, 0.5) is 0 Å². The van der Waals surface area contributed by atoms with Gasteiger partial charge in [-0.15, -0.1) is 6.58 Å². The van der Waals surface area contributed by atoms with Crippen LogP contribution in [-0.4, -0.2) is 34.2 Å². The Labute approximate surface area is 148 Å². The summed E-state index contributed by atoms with van der Waals surface area (Å²) < 4.78 is 0. The van der Waals surface area contributed by atoms with Crippen LogP contribution in [0.5, 0.6) is 0 Å². The van der Waals surface area contributed by atoms with Gasteiger partial charge < -0.3 is 0 Å². The molecule has 2 bridgehead atoms. The molecule has 3 aliphatic heterocycles. The minimum Gasteiger partial charge on any atom is -0.297 e. The fourth-order valence-corrected chi connectivity index (χ4v) is 4.61. The first-order chi connectivity index (χ1) is 11.8. The number of nitrogens with zero attached hydrogens (tertiary/aromatic N) is 3. The molecule has 3 fully saturated rings. The summed E-state index contributed by atoms with van der Waals surface area (Å²) in [7, 11) is 0. The Balaban J connectivity index is 1.75. The fourth-order valence-electron chi connectivity index (χ4n) is 4.50. The summed E-state index contributed by atoms with van der Waals surface area (Å²) in [5.74, 6) is 1.33. The van der Waals surface area contributed by atoms with Crippen molar-refractivity contribution in [1.82, 2.24) is 9.88 Å². The topological polar surface area (TPSA) is 28.5 Å². The highest BCUT2D eigenvalue weighted by Gasteiger charge is 2.42. The zero-order chi connectivity index (χ0) is 16.5. The fraction of sp³-hybridized carbons (Fsp3) is 0.400. The maximum atomic E-state index is 4.99. The van der Waals surface area contributed by atoms with Crippen molar-refractivity contribution in [3.8, 4) is 0 Å². The molecule has 1 aromatic heterocycles. The van der Waals surface area contributed by atoms with Gasteiger partial charge in [0.1, 0.15) is 6.04 Å². The number of rotatable bonds is 4. The van der Waals surface area contributed by atoms with E-state index in [-0.39, 0.29) is 6.04 Å². The van der Waals surface area contributed by atoms with Gasteiger partial charge in [0.2, 0.25) is 0 Å². The quantitative estimate of drug-likeness (QED) is 0.474. The number of hydrogen-bond donors (Lipinski definition) is 0. The average molecular weight is 335 g/mol. The molecule has 1 unspecified atom stereocenters. The number of isothiocyanates is 1. The van der Waals surface area contributed by atoms with E-state index in [1.807, 2.05) is 12.3 Å². The predicted molar refractivity (Wildman–Crippen MR) is 101 cm³/mol. The third-order valence-electron chi connectivity index (χ3n) is 5.71. The van der Waals surface area contributed by atoms with Crippen LogP contribution in [0.25, 0.3) is 10.9 Å². The summed E-state index contributed by atoms with van der Waals surface area (Å²) in [6.07, 6.45) is 6.43. The van der Waals surface area contributed by atoms with E-state index in [2.05, 4.69) is 57.0 Å².